The Morgan fingerprint density at radius 3 is 2.26 bits per heavy atom. The van der Waals surface area contributed by atoms with Crippen LogP contribution in [0.4, 0.5) is 0 Å². The molecule has 0 bridgehead atoms. The summed E-state index contributed by atoms with van der Waals surface area (Å²) in [5, 5.41) is 0. The van der Waals surface area contributed by atoms with Gasteiger partial charge in [0.15, 0.2) is 6.61 Å². The molecule has 0 aliphatic carbocycles. The molecule has 0 unspecified atom stereocenters. The number of nitrogens with one attached hydrogen (secondary N) is 2. The summed E-state index contributed by atoms with van der Waals surface area (Å²) in [6.45, 7) is 2.38. The average Bonchev–Trinajstić information content (AvgIpc) is 2.81. The minimum atomic E-state index is -0.470. The standard InChI is InChI=1S/C24H23BrN2O4/c1-2-14-30-22-13-10-19(15-21(22)25)24(29)27-26-23(28)16-31-20-11-8-18(9-12-20)17-6-4-3-5-7-17/h3-13,15H,2,14,16H2,1H3,(H,26,28)(H,27,29). The summed E-state index contributed by atoms with van der Waals surface area (Å²) < 4.78 is 11.7. The lowest BCUT2D eigenvalue weighted by Gasteiger charge is -2.11. The van der Waals surface area contributed by atoms with Gasteiger partial charge in [0.05, 0.1) is 11.1 Å². The molecule has 0 atom stereocenters. The molecule has 0 heterocycles. The first-order valence-corrected chi connectivity index (χ1v) is 10.7. The zero-order chi connectivity index (χ0) is 22.1. The van der Waals surface area contributed by atoms with E-state index in [0.717, 1.165) is 17.5 Å². The number of carbonyl (C=O) groups excluding carboxylic acids is 2. The molecule has 7 heteroatoms. The van der Waals surface area contributed by atoms with Crippen LogP contribution in [0.15, 0.2) is 77.3 Å². The SMILES string of the molecule is CCCOc1ccc(C(=O)NNC(=O)COc2ccc(-c3ccccc3)cc2)cc1Br. The third-order valence-electron chi connectivity index (χ3n) is 4.30. The molecule has 0 aromatic heterocycles. The van der Waals surface area contributed by atoms with E-state index in [1.807, 2.05) is 49.4 Å². The number of benzene rings is 3. The molecule has 0 aliphatic rings. The molecule has 3 aromatic carbocycles. The second kappa shape index (κ2) is 11.2. The Hall–Kier alpha value is -3.32. The van der Waals surface area contributed by atoms with E-state index in [9.17, 15) is 9.59 Å². The number of hydrazine groups is 1. The van der Waals surface area contributed by atoms with Gasteiger partial charge in [-0.3, -0.25) is 20.4 Å². The molecule has 6 nitrogen and oxygen atoms in total. The van der Waals surface area contributed by atoms with Crippen molar-refractivity contribution in [2.45, 2.75) is 13.3 Å². The smallest absolute Gasteiger partial charge is 0.276 e. The molecule has 0 fully saturated rings. The normalized spacial score (nSPS) is 10.3. The predicted octanol–water partition coefficient (Wildman–Crippen LogP) is 4.74. The van der Waals surface area contributed by atoms with E-state index in [-0.39, 0.29) is 6.61 Å². The van der Waals surface area contributed by atoms with Crippen molar-refractivity contribution < 1.29 is 19.1 Å². The predicted molar refractivity (Wildman–Crippen MR) is 123 cm³/mol. The highest BCUT2D eigenvalue weighted by atomic mass is 79.9. The van der Waals surface area contributed by atoms with Crippen molar-refractivity contribution in [3.63, 3.8) is 0 Å². The summed E-state index contributed by atoms with van der Waals surface area (Å²) in [6, 6.07) is 22.4. The third kappa shape index (κ3) is 6.58. The van der Waals surface area contributed by atoms with E-state index in [2.05, 4.69) is 26.8 Å². The van der Waals surface area contributed by atoms with Crippen LogP contribution in [0.3, 0.4) is 0 Å². The summed E-state index contributed by atoms with van der Waals surface area (Å²) in [6.07, 6.45) is 0.889. The minimum Gasteiger partial charge on any atom is -0.492 e. The van der Waals surface area contributed by atoms with Crippen molar-refractivity contribution >= 4 is 27.7 Å². The van der Waals surface area contributed by atoms with Crippen LogP contribution in [0.1, 0.15) is 23.7 Å². The molecule has 2 amide bonds. The Morgan fingerprint density at radius 1 is 0.871 bits per heavy atom. The van der Waals surface area contributed by atoms with Crippen molar-refractivity contribution in [1.29, 1.82) is 0 Å². The van der Waals surface area contributed by atoms with Gasteiger partial charge in [-0.05, 0) is 63.8 Å². The lowest BCUT2D eigenvalue weighted by atomic mass is 10.1. The van der Waals surface area contributed by atoms with Crippen LogP contribution in [0.5, 0.6) is 11.5 Å². The molecule has 0 spiro atoms. The van der Waals surface area contributed by atoms with Crippen molar-refractivity contribution in [3.8, 4) is 22.6 Å². The third-order valence-corrected chi connectivity index (χ3v) is 4.92. The van der Waals surface area contributed by atoms with E-state index in [1.54, 1.807) is 30.3 Å². The van der Waals surface area contributed by atoms with E-state index in [0.29, 0.717) is 28.1 Å². The fraction of sp³-hybridized carbons (Fsp3) is 0.167. The maximum atomic E-state index is 12.2. The lowest BCUT2D eigenvalue weighted by molar-refractivity contribution is -0.123. The number of hydrogen-bond acceptors (Lipinski definition) is 4. The lowest BCUT2D eigenvalue weighted by Crippen LogP contribution is -2.43. The molecule has 3 rings (SSSR count). The number of halogens is 1. The Bertz CT molecular complexity index is 1020. The highest BCUT2D eigenvalue weighted by molar-refractivity contribution is 9.10. The maximum absolute atomic E-state index is 12.2. The van der Waals surface area contributed by atoms with Gasteiger partial charge in [-0.15, -0.1) is 0 Å². The largest absolute Gasteiger partial charge is 0.492 e. The number of carbonyl (C=O) groups is 2. The van der Waals surface area contributed by atoms with Gasteiger partial charge in [-0.2, -0.15) is 0 Å². The van der Waals surface area contributed by atoms with Gasteiger partial charge in [0.2, 0.25) is 0 Å². The Balaban J connectivity index is 1.46. The fourth-order valence-electron chi connectivity index (χ4n) is 2.73. The Labute approximate surface area is 189 Å². The van der Waals surface area contributed by atoms with Crippen LogP contribution in [0.25, 0.3) is 11.1 Å². The molecule has 31 heavy (non-hydrogen) atoms. The summed E-state index contributed by atoms with van der Waals surface area (Å²) >= 11 is 3.38. The molecular formula is C24H23BrN2O4. The van der Waals surface area contributed by atoms with Crippen molar-refractivity contribution in [2.75, 3.05) is 13.2 Å². The second-order valence-corrected chi connectivity index (χ2v) is 7.53. The van der Waals surface area contributed by atoms with E-state index >= 15 is 0 Å². The first-order valence-electron chi connectivity index (χ1n) is 9.86. The molecule has 3 aromatic rings. The highest BCUT2D eigenvalue weighted by Gasteiger charge is 2.11. The quantitative estimate of drug-likeness (QED) is 0.454. The monoisotopic (exact) mass is 482 g/mol. The number of ether oxygens (including phenoxy) is 2. The molecule has 0 radical (unpaired) electrons. The summed E-state index contributed by atoms with van der Waals surface area (Å²) in [4.78, 5) is 24.2. The minimum absolute atomic E-state index is 0.224. The summed E-state index contributed by atoms with van der Waals surface area (Å²) in [7, 11) is 0. The zero-order valence-corrected chi connectivity index (χ0v) is 18.6. The number of rotatable bonds is 8. The topological polar surface area (TPSA) is 76.7 Å². The summed E-state index contributed by atoms with van der Waals surface area (Å²) in [5.74, 6) is 0.313. The maximum Gasteiger partial charge on any atom is 0.276 e. The van der Waals surface area contributed by atoms with Crippen LogP contribution in [0.2, 0.25) is 0 Å². The molecule has 160 valence electrons. The summed E-state index contributed by atoms with van der Waals surface area (Å²) in [5.41, 5.74) is 7.27. The van der Waals surface area contributed by atoms with Gasteiger partial charge < -0.3 is 9.47 Å². The van der Waals surface area contributed by atoms with Crippen molar-refractivity contribution in [2.24, 2.45) is 0 Å². The van der Waals surface area contributed by atoms with Crippen LogP contribution in [-0.2, 0) is 4.79 Å². The van der Waals surface area contributed by atoms with Gasteiger partial charge in [0, 0.05) is 5.56 Å². The first kappa shape index (κ1) is 22.4. The number of amides is 2. The zero-order valence-electron chi connectivity index (χ0n) is 17.1. The van der Waals surface area contributed by atoms with Crippen molar-refractivity contribution in [1.82, 2.24) is 10.9 Å². The van der Waals surface area contributed by atoms with E-state index in [1.165, 1.54) is 0 Å². The first-order chi connectivity index (χ1) is 15.1. The van der Waals surface area contributed by atoms with Gasteiger partial charge in [0.1, 0.15) is 11.5 Å². The molecule has 2 N–H and O–H groups in total. The van der Waals surface area contributed by atoms with Crippen LogP contribution >= 0.6 is 15.9 Å². The molecule has 0 saturated carbocycles. The van der Waals surface area contributed by atoms with Crippen LogP contribution in [-0.4, -0.2) is 25.0 Å². The molecule has 0 aliphatic heterocycles. The van der Waals surface area contributed by atoms with E-state index in [4.69, 9.17) is 9.47 Å². The van der Waals surface area contributed by atoms with E-state index < -0.39 is 11.8 Å². The van der Waals surface area contributed by atoms with Crippen LogP contribution in [0, 0.1) is 0 Å². The van der Waals surface area contributed by atoms with Gasteiger partial charge in [-0.25, -0.2) is 0 Å². The Morgan fingerprint density at radius 2 is 1.58 bits per heavy atom. The average molecular weight is 483 g/mol. The second-order valence-electron chi connectivity index (χ2n) is 6.68. The fourth-order valence-corrected chi connectivity index (χ4v) is 3.22. The highest BCUT2D eigenvalue weighted by Crippen LogP contribution is 2.26. The Kier molecular flexibility index (Phi) is 8.06. The van der Waals surface area contributed by atoms with Gasteiger partial charge in [-0.1, -0.05) is 49.4 Å². The van der Waals surface area contributed by atoms with Gasteiger partial charge >= 0.3 is 0 Å². The van der Waals surface area contributed by atoms with Gasteiger partial charge in [0.25, 0.3) is 11.8 Å². The van der Waals surface area contributed by atoms with Crippen LogP contribution < -0.4 is 20.3 Å². The number of hydrogen-bond donors (Lipinski definition) is 2. The van der Waals surface area contributed by atoms with Crippen molar-refractivity contribution in [3.05, 3.63) is 82.8 Å². The molecular weight excluding hydrogens is 460 g/mol. The molecule has 0 saturated heterocycles.